The number of aryl methyl sites for hydroxylation is 1. The van der Waals surface area contributed by atoms with Crippen molar-refractivity contribution in [1.29, 1.82) is 0 Å². The Kier molecular flexibility index (Phi) is 5.83. The zero-order valence-corrected chi connectivity index (χ0v) is 15.5. The number of ether oxygens (including phenoxy) is 2. The quantitative estimate of drug-likeness (QED) is 0.815. The molecule has 0 bridgehead atoms. The Morgan fingerprint density at radius 3 is 2.38 bits per heavy atom. The van der Waals surface area contributed by atoms with Crippen LogP contribution < -0.4 is 14.8 Å². The molecule has 2 aromatic rings. The molecule has 0 heterocycles. The molecule has 0 saturated carbocycles. The third kappa shape index (κ3) is 3.87. The van der Waals surface area contributed by atoms with Crippen LogP contribution in [0.5, 0.6) is 11.5 Å². The predicted molar refractivity (Wildman–Crippen MR) is 94.3 cm³/mol. The van der Waals surface area contributed by atoms with E-state index in [-0.39, 0.29) is 11.9 Å². The predicted octanol–water partition coefficient (Wildman–Crippen LogP) is 4.40. The highest BCUT2D eigenvalue weighted by molar-refractivity contribution is 9.10. The van der Waals surface area contributed by atoms with Crippen molar-refractivity contribution in [2.45, 2.75) is 19.9 Å². The zero-order chi connectivity index (χ0) is 17.9. The maximum atomic E-state index is 13.2. The molecule has 0 aliphatic rings. The van der Waals surface area contributed by atoms with Crippen LogP contribution in [0.4, 0.5) is 4.39 Å². The largest absolute Gasteiger partial charge is 0.493 e. The first-order valence-corrected chi connectivity index (χ1v) is 8.15. The summed E-state index contributed by atoms with van der Waals surface area (Å²) in [6.45, 7) is 3.82. The summed E-state index contributed by atoms with van der Waals surface area (Å²) < 4.78 is 24.2. The molecule has 0 fully saturated rings. The molecule has 128 valence electrons. The molecule has 0 aliphatic carbocycles. The molecule has 0 saturated heterocycles. The van der Waals surface area contributed by atoms with Crippen LogP contribution in [-0.2, 0) is 0 Å². The van der Waals surface area contributed by atoms with Crippen molar-refractivity contribution in [3.8, 4) is 11.5 Å². The summed E-state index contributed by atoms with van der Waals surface area (Å²) in [6, 6.07) is 7.42. The van der Waals surface area contributed by atoms with Crippen molar-refractivity contribution in [3.05, 3.63) is 57.3 Å². The van der Waals surface area contributed by atoms with Crippen molar-refractivity contribution >= 4 is 21.8 Å². The van der Waals surface area contributed by atoms with Crippen LogP contribution in [-0.4, -0.2) is 20.1 Å². The van der Waals surface area contributed by atoms with Gasteiger partial charge in [0, 0.05) is 4.47 Å². The van der Waals surface area contributed by atoms with Gasteiger partial charge in [-0.3, -0.25) is 4.79 Å². The van der Waals surface area contributed by atoms with Crippen LogP contribution >= 0.6 is 15.9 Å². The molecule has 0 radical (unpaired) electrons. The number of benzene rings is 2. The zero-order valence-electron chi connectivity index (χ0n) is 13.9. The van der Waals surface area contributed by atoms with E-state index in [4.69, 9.17) is 9.47 Å². The van der Waals surface area contributed by atoms with E-state index in [0.29, 0.717) is 21.5 Å². The number of carbonyl (C=O) groups is 1. The van der Waals surface area contributed by atoms with Crippen LogP contribution in [0.3, 0.4) is 0 Å². The molecule has 2 aromatic carbocycles. The van der Waals surface area contributed by atoms with Gasteiger partial charge < -0.3 is 14.8 Å². The topological polar surface area (TPSA) is 47.6 Å². The van der Waals surface area contributed by atoms with Crippen molar-refractivity contribution in [2.24, 2.45) is 0 Å². The second kappa shape index (κ2) is 7.66. The number of hydrogen-bond acceptors (Lipinski definition) is 3. The lowest BCUT2D eigenvalue weighted by atomic mass is 10.0. The van der Waals surface area contributed by atoms with E-state index >= 15 is 0 Å². The molecule has 1 amide bonds. The monoisotopic (exact) mass is 395 g/mol. The minimum Gasteiger partial charge on any atom is -0.493 e. The van der Waals surface area contributed by atoms with Crippen molar-refractivity contribution in [3.63, 3.8) is 0 Å². The van der Waals surface area contributed by atoms with Gasteiger partial charge in [0.2, 0.25) is 0 Å². The van der Waals surface area contributed by atoms with Gasteiger partial charge in [-0.05, 0) is 71.2 Å². The Morgan fingerprint density at radius 1 is 1.17 bits per heavy atom. The smallest absolute Gasteiger partial charge is 0.252 e. The summed E-state index contributed by atoms with van der Waals surface area (Å²) in [5.74, 6) is 0.548. The number of methoxy groups -OCH3 is 2. The molecule has 0 aromatic heterocycles. The molecule has 0 spiro atoms. The lowest BCUT2D eigenvalue weighted by molar-refractivity contribution is 0.0939. The summed E-state index contributed by atoms with van der Waals surface area (Å²) in [6.07, 6.45) is 0. The second-order valence-electron chi connectivity index (χ2n) is 5.38. The fourth-order valence-electron chi connectivity index (χ4n) is 2.49. The highest BCUT2D eigenvalue weighted by Crippen LogP contribution is 2.33. The molecule has 1 unspecified atom stereocenters. The van der Waals surface area contributed by atoms with Crippen LogP contribution in [0.1, 0.15) is 34.5 Å². The summed E-state index contributed by atoms with van der Waals surface area (Å²) in [5.41, 5.74) is 2.26. The average molecular weight is 396 g/mol. The van der Waals surface area contributed by atoms with Gasteiger partial charge in [0.25, 0.3) is 5.91 Å². The minimum atomic E-state index is -0.401. The van der Waals surface area contributed by atoms with E-state index in [0.717, 1.165) is 11.1 Å². The normalized spacial score (nSPS) is 11.8. The molecule has 24 heavy (non-hydrogen) atoms. The van der Waals surface area contributed by atoms with E-state index in [2.05, 4.69) is 21.2 Å². The SMILES string of the molecule is COc1cc(C)c(C(C)NC(=O)c2ccc(F)cc2Br)cc1OC. The Labute approximate surface area is 149 Å². The van der Waals surface area contributed by atoms with Crippen LogP contribution in [0, 0.1) is 12.7 Å². The van der Waals surface area contributed by atoms with E-state index in [1.165, 1.54) is 18.2 Å². The van der Waals surface area contributed by atoms with E-state index < -0.39 is 5.82 Å². The van der Waals surface area contributed by atoms with Gasteiger partial charge >= 0.3 is 0 Å². The molecule has 6 heteroatoms. The molecular formula is C18H19BrFNO3. The summed E-state index contributed by atoms with van der Waals surface area (Å²) in [5, 5.41) is 2.91. The Bertz CT molecular complexity index is 764. The fraction of sp³-hybridized carbons (Fsp3) is 0.278. The fourth-order valence-corrected chi connectivity index (χ4v) is 3.02. The number of nitrogens with one attached hydrogen (secondary N) is 1. The van der Waals surface area contributed by atoms with Gasteiger partial charge in [-0.2, -0.15) is 0 Å². The van der Waals surface area contributed by atoms with Gasteiger partial charge in [-0.1, -0.05) is 0 Å². The summed E-state index contributed by atoms with van der Waals surface area (Å²) in [4.78, 5) is 12.4. The van der Waals surface area contributed by atoms with Gasteiger partial charge in [0.1, 0.15) is 5.82 Å². The van der Waals surface area contributed by atoms with Gasteiger partial charge in [0.05, 0.1) is 25.8 Å². The number of hydrogen-bond donors (Lipinski definition) is 1. The van der Waals surface area contributed by atoms with Crippen molar-refractivity contribution in [1.82, 2.24) is 5.32 Å². The third-order valence-electron chi connectivity index (χ3n) is 3.76. The minimum absolute atomic E-state index is 0.255. The lowest BCUT2D eigenvalue weighted by Crippen LogP contribution is -2.27. The first-order chi connectivity index (χ1) is 11.4. The molecule has 1 N–H and O–H groups in total. The van der Waals surface area contributed by atoms with Crippen LogP contribution in [0.25, 0.3) is 0 Å². The Morgan fingerprint density at radius 2 is 1.79 bits per heavy atom. The first-order valence-electron chi connectivity index (χ1n) is 7.35. The van der Waals surface area contributed by atoms with Crippen molar-refractivity contribution in [2.75, 3.05) is 14.2 Å². The standard InChI is InChI=1S/C18H19BrFNO3/c1-10-7-16(23-3)17(24-4)9-14(10)11(2)21-18(22)13-6-5-12(20)8-15(13)19/h5-9,11H,1-4H3,(H,21,22). The highest BCUT2D eigenvalue weighted by Gasteiger charge is 2.18. The highest BCUT2D eigenvalue weighted by atomic mass is 79.9. The number of amides is 1. The van der Waals surface area contributed by atoms with Gasteiger partial charge in [-0.15, -0.1) is 0 Å². The molecule has 4 nitrogen and oxygen atoms in total. The van der Waals surface area contributed by atoms with Crippen LogP contribution in [0.15, 0.2) is 34.8 Å². The summed E-state index contributed by atoms with van der Waals surface area (Å²) in [7, 11) is 3.14. The maximum absolute atomic E-state index is 13.2. The average Bonchev–Trinajstić information content (AvgIpc) is 2.54. The molecular weight excluding hydrogens is 377 g/mol. The molecule has 0 aliphatic heterocycles. The summed E-state index contributed by atoms with van der Waals surface area (Å²) >= 11 is 3.21. The maximum Gasteiger partial charge on any atom is 0.252 e. The number of halogens is 2. The third-order valence-corrected chi connectivity index (χ3v) is 4.42. The van der Waals surface area contributed by atoms with Crippen molar-refractivity contribution < 1.29 is 18.7 Å². The van der Waals surface area contributed by atoms with E-state index in [1.54, 1.807) is 14.2 Å². The first kappa shape index (κ1) is 18.3. The van der Waals surface area contributed by atoms with Gasteiger partial charge in [0.15, 0.2) is 11.5 Å². The molecule has 2 rings (SSSR count). The number of carbonyl (C=O) groups excluding carboxylic acids is 1. The number of rotatable bonds is 5. The molecule has 1 atom stereocenters. The lowest BCUT2D eigenvalue weighted by Gasteiger charge is -2.19. The van der Waals surface area contributed by atoms with Gasteiger partial charge in [-0.25, -0.2) is 4.39 Å². The van der Waals surface area contributed by atoms with E-state index in [1.807, 2.05) is 26.0 Å². The Balaban J connectivity index is 2.26. The van der Waals surface area contributed by atoms with Crippen LogP contribution in [0.2, 0.25) is 0 Å². The Hall–Kier alpha value is -2.08. The second-order valence-corrected chi connectivity index (χ2v) is 6.24. The van der Waals surface area contributed by atoms with E-state index in [9.17, 15) is 9.18 Å².